The average Bonchev–Trinajstić information content (AvgIpc) is 3.03. The monoisotopic (exact) mass is 346 g/mol. The maximum atomic E-state index is 12.7. The van der Waals surface area contributed by atoms with Crippen molar-refractivity contribution in [2.75, 3.05) is 19.7 Å². The first-order valence-corrected chi connectivity index (χ1v) is 9.69. The fraction of sp³-hybridized carbons (Fsp3) is 0.762. The zero-order valence-electron chi connectivity index (χ0n) is 16.6. The van der Waals surface area contributed by atoms with Crippen molar-refractivity contribution in [2.45, 2.75) is 58.7 Å². The number of rotatable bonds is 6. The van der Waals surface area contributed by atoms with Gasteiger partial charge in [0.25, 0.3) is 0 Å². The molecule has 0 spiro atoms. The van der Waals surface area contributed by atoms with Crippen LogP contribution in [0, 0.1) is 23.7 Å². The normalized spacial score (nSPS) is 37.4. The van der Waals surface area contributed by atoms with Crippen LogP contribution in [0.15, 0.2) is 24.3 Å². The summed E-state index contributed by atoms with van der Waals surface area (Å²) in [6.07, 6.45) is 8.38. The topological polar surface area (TPSA) is 41.6 Å². The number of fused-ring (bicyclic) bond motifs is 1. The van der Waals surface area contributed by atoms with E-state index in [1.807, 2.05) is 6.08 Å². The van der Waals surface area contributed by atoms with Crippen LogP contribution in [0.2, 0.25) is 0 Å². The number of hydrogen-bond acceptors (Lipinski definition) is 3. The van der Waals surface area contributed by atoms with Crippen molar-refractivity contribution in [1.82, 2.24) is 10.2 Å². The number of nitrogens with one attached hydrogen (secondary N) is 1. The molecule has 5 atom stereocenters. The van der Waals surface area contributed by atoms with Gasteiger partial charge in [-0.3, -0.25) is 4.79 Å². The number of allylic oxidation sites excluding steroid dienone is 2. The Kier molecular flexibility index (Phi) is 4.89. The molecule has 4 heteroatoms. The Labute approximate surface area is 152 Å². The lowest BCUT2D eigenvalue weighted by atomic mass is 9.86. The van der Waals surface area contributed by atoms with Crippen molar-refractivity contribution in [3.05, 3.63) is 24.3 Å². The van der Waals surface area contributed by atoms with E-state index in [-0.39, 0.29) is 23.0 Å². The van der Waals surface area contributed by atoms with Crippen molar-refractivity contribution in [1.29, 1.82) is 0 Å². The zero-order chi connectivity index (χ0) is 18.4. The molecule has 1 aliphatic heterocycles. The molecule has 25 heavy (non-hydrogen) atoms. The summed E-state index contributed by atoms with van der Waals surface area (Å²) in [6.45, 7) is 15.5. The Morgan fingerprint density at radius 3 is 2.52 bits per heavy atom. The van der Waals surface area contributed by atoms with Gasteiger partial charge in [-0.05, 0) is 46.5 Å². The lowest BCUT2D eigenvalue weighted by Crippen LogP contribution is -2.51. The van der Waals surface area contributed by atoms with Gasteiger partial charge in [0.1, 0.15) is 0 Å². The summed E-state index contributed by atoms with van der Waals surface area (Å²) in [7, 11) is 0. The number of ether oxygens (including phenoxy) is 1. The number of piperidine rings is 1. The van der Waals surface area contributed by atoms with E-state index in [1.165, 1.54) is 0 Å². The summed E-state index contributed by atoms with van der Waals surface area (Å²) in [6, 6.07) is 0.585. The molecule has 3 aliphatic rings. The lowest BCUT2D eigenvalue weighted by Gasteiger charge is -2.37. The quantitative estimate of drug-likeness (QED) is 0.804. The third-order valence-electron chi connectivity index (χ3n) is 6.30. The fourth-order valence-electron chi connectivity index (χ4n) is 4.16. The maximum Gasteiger partial charge on any atom is 0.224 e. The predicted molar refractivity (Wildman–Crippen MR) is 101 cm³/mol. The van der Waals surface area contributed by atoms with Crippen molar-refractivity contribution < 1.29 is 9.53 Å². The summed E-state index contributed by atoms with van der Waals surface area (Å²) in [5.41, 5.74) is -0.659. The first-order chi connectivity index (χ1) is 11.6. The smallest absolute Gasteiger partial charge is 0.224 e. The Balaban J connectivity index is 1.49. The standard InChI is InChI=1S/C21H34N2O2/c1-14(2)23-11-16-17(12-23)18(16)19(24)22-20(4,5)13-25-21(6)10-8-7-9-15(21)3/h7-10,14-18H,11-13H2,1-6H3,(H,22,24)/t15?,16-,17?,18+,21?/m0/s1. The van der Waals surface area contributed by atoms with E-state index in [4.69, 9.17) is 4.74 Å². The highest BCUT2D eigenvalue weighted by Crippen LogP contribution is 2.52. The predicted octanol–water partition coefficient (Wildman–Crippen LogP) is 3.00. The highest BCUT2D eigenvalue weighted by atomic mass is 16.5. The summed E-state index contributed by atoms with van der Waals surface area (Å²) in [5.74, 6) is 1.87. The summed E-state index contributed by atoms with van der Waals surface area (Å²) in [4.78, 5) is 15.2. The van der Waals surface area contributed by atoms with E-state index >= 15 is 0 Å². The molecule has 0 bridgehead atoms. The van der Waals surface area contributed by atoms with Gasteiger partial charge in [0.05, 0.1) is 17.7 Å². The van der Waals surface area contributed by atoms with Gasteiger partial charge in [-0.2, -0.15) is 0 Å². The first-order valence-electron chi connectivity index (χ1n) is 9.69. The highest BCUT2D eigenvalue weighted by molar-refractivity contribution is 5.83. The Hall–Kier alpha value is -1.13. The fourth-order valence-corrected chi connectivity index (χ4v) is 4.16. The van der Waals surface area contributed by atoms with E-state index < -0.39 is 0 Å². The van der Waals surface area contributed by atoms with Gasteiger partial charge in [0.15, 0.2) is 0 Å². The van der Waals surface area contributed by atoms with E-state index in [0.717, 1.165) is 13.1 Å². The van der Waals surface area contributed by atoms with E-state index in [0.29, 0.717) is 30.4 Å². The van der Waals surface area contributed by atoms with Crippen LogP contribution in [0.5, 0.6) is 0 Å². The summed E-state index contributed by atoms with van der Waals surface area (Å²) < 4.78 is 6.23. The molecule has 1 heterocycles. The van der Waals surface area contributed by atoms with Gasteiger partial charge in [-0.25, -0.2) is 0 Å². The third kappa shape index (κ3) is 3.85. The van der Waals surface area contributed by atoms with Crippen LogP contribution in [0.4, 0.5) is 0 Å². The van der Waals surface area contributed by atoms with Gasteiger partial charge in [-0.15, -0.1) is 0 Å². The largest absolute Gasteiger partial charge is 0.368 e. The number of likely N-dealkylation sites (tertiary alicyclic amines) is 1. The third-order valence-corrected chi connectivity index (χ3v) is 6.30. The Morgan fingerprint density at radius 2 is 1.96 bits per heavy atom. The van der Waals surface area contributed by atoms with Gasteiger partial charge < -0.3 is 15.0 Å². The summed E-state index contributed by atoms with van der Waals surface area (Å²) in [5, 5.41) is 3.24. The van der Waals surface area contributed by atoms with Crippen molar-refractivity contribution in [3.63, 3.8) is 0 Å². The Morgan fingerprint density at radius 1 is 1.32 bits per heavy atom. The number of carbonyl (C=O) groups excluding carboxylic acids is 1. The molecule has 2 aliphatic carbocycles. The molecule has 2 fully saturated rings. The van der Waals surface area contributed by atoms with Crippen molar-refractivity contribution in [2.24, 2.45) is 23.7 Å². The minimum absolute atomic E-state index is 0.210. The van der Waals surface area contributed by atoms with Crippen LogP contribution >= 0.6 is 0 Å². The molecule has 3 rings (SSSR count). The number of hydrogen-bond donors (Lipinski definition) is 1. The molecule has 0 radical (unpaired) electrons. The van der Waals surface area contributed by atoms with Crippen LogP contribution in [0.3, 0.4) is 0 Å². The molecule has 4 nitrogen and oxygen atoms in total. The molecule has 1 amide bonds. The average molecular weight is 347 g/mol. The molecule has 3 unspecified atom stereocenters. The second kappa shape index (κ2) is 6.55. The molecule has 0 aromatic carbocycles. The SMILES string of the molecule is CC(C)N1CC2[C@H](C1)[C@H]2C(=O)NC(C)(C)COC1(C)C=CC=CC1C. The van der Waals surface area contributed by atoms with E-state index in [1.54, 1.807) is 0 Å². The second-order valence-electron chi connectivity index (χ2n) is 9.28. The molecule has 1 saturated carbocycles. The van der Waals surface area contributed by atoms with Crippen LogP contribution in [0.1, 0.15) is 41.5 Å². The molecule has 1 saturated heterocycles. The molecular weight excluding hydrogens is 312 g/mol. The molecule has 1 N–H and O–H groups in total. The van der Waals surface area contributed by atoms with E-state index in [9.17, 15) is 4.79 Å². The molecular formula is C21H34N2O2. The number of nitrogens with zero attached hydrogens (tertiary/aromatic N) is 1. The van der Waals surface area contributed by atoms with Crippen molar-refractivity contribution in [3.8, 4) is 0 Å². The number of carbonyl (C=O) groups is 1. The molecule has 140 valence electrons. The Bertz CT molecular complexity index is 568. The van der Waals surface area contributed by atoms with Gasteiger partial charge in [-0.1, -0.05) is 31.2 Å². The lowest BCUT2D eigenvalue weighted by molar-refractivity contribution is -0.127. The summed E-state index contributed by atoms with van der Waals surface area (Å²) >= 11 is 0. The minimum atomic E-state index is -0.358. The van der Waals surface area contributed by atoms with Crippen LogP contribution < -0.4 is 5.32 Å². The maximum absolute atomic E-state index is 12.7. The molecule has 0 aromatic rings. The first kappa shape index (κ1) is 18.7. The van der Waals surface area contributed by atoms with Crippen molar-refractivity contribution >= 4 is 5.91 Å². The highest BCUT2D eigenvalue weighted by Gasteiger charge is 2.59. The van der Waals surface area contributed by atoms with Gasteiger partial charge in [0.2, 0.25) is 5.91 Å². The number of amides is 1. The van der Waals surface area contributed by atoms with Crippen LogP contribution in [0.25, 0.3) is 0 Å². The second-order valence-corrected chi connectivity index (χ2v) is 9.28. The van der Waals surface area contributed by atoms with Crippen LogP contribution in [-0.4, -0.2) is 47.7 Å². The van der Waals surface area contributed by atoms with Gasteiger partial charge >= 0.3 is 0 Å². The minimum Gasteiger partial charge on any atom is -0.368 e. The van der Waals surface area contributed by atoms with E-state index in [2.05, 4.69) is 70.0 Å². The van der Waals surface area contributed by atoms with Crippen LogP contribution in [-0.2, 0) is 9.53 Å². The zero-order valence-corrected chi connectivity index (χ0v) is 16.6. The van der Waals surface area contributed by atoms with Gasteiger partial charge in [0, 0.05) is 31.0 Å². The molecule has 0 aromatic heterocycles.